The van der Waals surface area contributed by atoms with Gasteiger partial charge in [0.05, 0.1) is 0 Å². The quantitative estimate of drug-likeness (QED) is 0.152. The first-order valence-electron chi connectivity index (χ1n) is 8.80. The van der Waals surface area contributed by atoms with E-state index in [1.807, 2.05) is 0 Å². The van der Waals surface area contributed by atoms with Gasteiger partial charge in [0.1, 0.15) is 29.9 Å². The highest BCUT2D eigenvalue weighted by Gasteiger charge is 2.54. The summed E-state index contributed by atoms with van der Waals surface area (Å²) >= 11 is 3.67. The maximum Gasteiger partial charge on any atom is 0.352 e. The number of hydrogen-bond acceptors (Lipinski definition) is 13. The maximum atomic E-state index is 12.8. The Labute approximate surface area is 192 Å². The number of anilines is 1. The Morgan fingerprint density at radius 1 is 1.53 bits per heavy atom. The van der Waals surface area contributed by atoms with E-state index in [1.165, 1.54) is 40.9 Å². The van der Waals surface area contributed by atoms with Crippen LogP contribution >= 0.6 is 34.9 Å². The molecular formula is C15H15N9O5S3. The molecule has 4 heterocycles. The van der Waals surface area contributed by atoms with E-state index in [0.29, 0.717) is 16.5 Å². The summed E-state index contributed by atoms with van der Waals surface area (Å²) in [6.45, 7) is 0. The number of nitrogens with one attached hydrogen (secondary N) is 2. The van der Waals surface area contributed by atoms with Crippen LogP contribution in [0.1, 0.15) is 5.69 Å². The molecule has 0 aliphatic carbocycles. The number of carbonyl (C=O) groups is 3. The van der Waals surface area contributed by atoms with E-state index in [-0.39, 0.29) is 28.0 Å². The maximum absolute atomic E-state index is 12.8. The van der Waals surface area contributed by atoms with Gasteiger partial charge >= 0.3 is 5.97 Å². The van der Waals surface area contributed by atoms with Gasteiger partial charge in [0.25, 0.3) is 11.8 Å². The number of β-lactam (4-membered cyclic amide) rings is 1. The van der Waals surface area contributed by atoms with Gasteiger partial charge in [-0.3, -0.25) is 14.5 Å². The predicted octanol–water partition coefficient (Wildman–Crippen LogP) is -0.880. The number of carboxylic acids is 1. The molecule has 2 aliphatic heterocycles. The molecule has 0 bridgehead atoms. The van der Waals surface area contributed by atoms with Crippen molar-refractivity contribution in [3.8, 4) is 0 Å². The van der Waals surface area contributed by atoms with Gasteiger partial charge in [-0.25, -0.2) is 9.78 Å². The van der Waals surface area contributed by atoms with Gasteiger partial charge in [-0.15, -0.1) is 33.3 Å². The van der Waals surface area contributed by atoms with E-state index in [1.54, 1.807) is 0 Å². The number of thioether (sulfide) groups is 2. The fraction of sp³-hybridized carbons (Fsp3) is 0.333. The number of carbonyl (C=O) groups excluding carboxylic acids is 2. The molecule has 2 amide bonds. The average Bonchev–Trinajstić information content (AvgIpc) is 3.45. The first-order chi connectivity index (χ1) is 15.4. The lowest BCUT2D eigenvalue weighted by molar-refractivity contribution is -0.150. The molecule has 0 unspecified atom stereocenters. The summed E-state index contributed by atoms with van der Waals surface area (Å²) < 4.78 is 0. The Hall–Kier alpha value is -3.18. The minimum Gasteiger partial charge on any atom is -0.477 e. The second kappa shape index (κ2) is 9.13. The molecule has 2 atom stereocenters. The summed E-state index contributed by atoms with van der Waals surface area (Å²) in [4.78, 5) is 47.4. The molecule has 1 fully saturated rings. The standard InChI is InChI=1S/C15H15N9O5S3/c1-29-21-7(6-4-31-14(16)17-6)10(25)18-8-11(26)24-9(13(27)28)5(2-30-12(8)24)3-32-15-19-22-23-20-15/h4,8,12H,2-3H2,1H3,(H2,16,17)(H,18,25)(H,27,28)(H,19,20,22,23)/t8-,12+/m1/s1. The third kappa shape index (κ3) is 4.13. The molecule has 4 rings (SSSR count). The minimum absolute atomic E-state index is 0.0988. The van der Waals surface area contributed by atoms with Crippen molar-refractivity contribution in [3.05, 3.63) is 22.3 Å². The fourth-order valence-electron chi connectivity index (χ4n) is 3.06. The molecule has 0 saturated carbocycles. The first kappa shape index (κ1) is 22.0. The molecule has 5 N–H and O–H groups in total. The first-order valence-corrected chi connectivity index (χ1v) is 11.7. The van der Waals surface area contributed by atoms with Crippen LogP contribution in [0.4, 0.5) is 5.13 Å². The Kier molecular flexibility index (Phi) is 6.28. The SMILES string of the molecule is CON=C(C(=O)N[C@@H]1C(=O)N2C(C(=O)O)=C(CSc3nn[nH]n3)CS[C@@H]12)c1csc(N)n1. The lowest BCUT2D eigenvalue weighted by atomic mass is 10.0. The summed E-state index contributed by atoms with van der Waals surface area (Å²) in [6, 6.07) is -0.925. The second-order valence-electron chi connectivity index (χ2n) is 6.29. The Bertz CT molecular complexity index is 1120. The number of amides is 2. The number of carboxylic acid groups (broad SMARTS) is 1. The number of H-pyrrole nitrogens is 1. The Morgan fingerprint density at radius 3 is 2.97 bits per heavy atom. The fourth-order valence-corrected chi connectivity index (χ4v) is 5.83. The lowest BCUT2D eigenvalue weighted by Gasteiger charge is -2.49. The third-order valence-electron chi connectivity index (χ3n) is 4.40. The van der Waals surface area contributed by atoms with Gasteiger partial charge < -0.3 is 21.0 Å². The normalized spacial score (nSPS) is 20.6. The van der Waals surface area contributed by atoms with Crippen molar-refractivity contribution in [1.29, 1.82) is 0 Å². The zero-order valence-corrected chi connectivity index (χ0v) is 18.7. The van der Waals surface area contributed by atoms with Crippen LogP contribution in [0, 0.1) is 0 Å². The zero-order chi connectivity index (χ0) is 22.8. The number of tetrazole rings is 1. The summed E-state index contributed by atoms with van der Waals surface area (Å²) in [5, 5.41) is 31.0. The Balaban J connectivity index is 1.49. The molecule has 32 heavy (non-hydrogen) atoms. The number of nitrogen functional groups attached to an aromatic ring is 1. The molecule has 14 nitrogen and oxygen atoms in total. The number of aliphatic carboxylic acids is 1. The number of aromatic amines is 1. The summed E-state index contributed by atoms with van der Waals surface area (Å²) in [7, 11) is 1.27. The minimum atomic E-state index is -1.23. The number of rotatable bonds is 8. The van der Waals surface area contributed by atoms with Crippen LogP contribution in [0.25, 0.3) is 0 Å². The number of thiazole rings is 1. The van der Waals surface area contributed by atoms with E-state index in [2.05, 4.69) is 36.1 Å². The molecule has 2 aromatic heterocycles. The van der Waals surface area contributed by atoms with Crippen molar-refractivity contribution in [3.63, 3.8) is 0 Å². The van der Waals surface area contributed by atoms with Gasteiger partial charge in [0.2, 0.25) is 5.16 Å². The topological polar surface area (TPSA) is 202 Å². The predicted molar refractivity (Wildman–Crippen MR) is 115 cm³/mol. The summed E-state index contributed by atoms with van der Waals surface area (Å²) in [5.41, 5.74) is 6.13. The highest BCUT2D eigenvalue weighted by atomic mass is 32.2. The number of nitrogens with two attached hydrogens (primary N) is 1. The molecule has 0 radical (unpaired) electrons. The smallest absolute Gasteiger partial charge is 0.352 e. The van der Waals surface area contributed by atoms with Crippen LogP contribution in [-0.4, -0.2) is 89.1 Å². The summed E-state index contributed by atoms with van der Waals surface area (Å²) in [6.07, 6.45) is 0. The lowest BCUT2D eigenvalue weighted by Crippen LogP contribution is -2.71. The molecule has 0 spiro atoms. The molecule has 17 heteroatoms. The monoisotopic (exact) mass is 497 g/mol. The number of aromatic nitrogens is 5. The number of nitrogens with zero attached hydrogens (tertiary/aromatic N) is 6. The molecule has 168 valence electrons. The van der Waals surface area contributed by atoms with Crippen LogP contribution in [0.2, 0.25) is 0 Å². The second-order valence-corrected chi connectivity index (χ2v) is 9.23. The highest BCUT2D eigenvalue weighted by Crippen LogP contribution is 2.41. The molecular weight excluding hydrogens is 482 g/mol. The van der Waals surface area contributed by atoms with Crippen molar-refractivity contribution in [2.24, 2.45) is 5.16 Å². The molecule has 2 aliphatic rings. The van der Waals surface area contributed by atoms with E-state index in [9.17, 15) is 19.5 Å². The van der Waals surface area contributed by atoms with E-state index >= 15 is 0 Å². The molecule has 0 aromatic carbocycles. The summed E-state index contributed by atoms with van der Waals surface area (Å²) in [5.74, 6) is -1.82. The van der Waals surface area contributed by atoms with Crippen molar-refractivity contribution in [2.75, 3.05) is 24.3 Å². The van der Waals surface area contributed by atoms with Gasteiger partial charge in [-0.1, -0.05) is 16.9 Å². The van der Waals surface area contributed by atoms with E-state index in [0.717, 1.165) is 11.3 Å². The van der Waals surface area contributed by atoms with Gasteiger partial charge in [-0.2, -0.15) is 5.21 Å². The van der Waals surface area contributed by atoms with Crippen LogP contribution in [0.5, 0.6) is 0 Å². The highest BCUT2D eigenvalue weighted by molar-refractivity contribution is 8.01. The number of hydrogen-bond donors (Lipinski definition) is 4. The van der Waals surface area contributed by atoms with Crippen molar-refractivity contribution in [1.82, 2.24) is 35.8 Å². The van der Waals surface area contributed by atoms with Crippen LogP contribution in [0.3, 0.4) is 0 Å². The van der Waals surface area contributed by atoms with Gasteiger partial charge in [-0.05, 0) is 10.8 Å². The average molecular weight is 498 g/mol. The number of oxime groups is 1. The van der Waals surface area contributed by atoms with E-state index < -0.39 is 29.2 Å². The van der Waals surface area contributed by atoms with Crippen LogP contribution in [0.15, 0.2) is 27.0 Å². The molecule has 1 saturated heterocycles. The number of fused-ring (bicyclic) bond motifs is 1. The van der Waals surface area contributed by atoms with Crippen molar-refractivity contribution >= 4 is 63.5 Å². The third-order valence-corrected chi connectivity index (χ3v) is 7.34. The zero-order valence-electron chi connectivity index (χ0n) is 16.2. The largest absolute Gasteiger partial charge is 0.477 e. The molecule has 2 aromatic rings. The van der Waals surface area contributed by atoms with Gasteiger partial charge in [0.15, 0.2) is 10.8 Å². The van der Waals surface area contributed by atoms with Crippen molar-refractivity contribution < 1.29 is 24.3 Å². The van der Waals surface area contributed by atoms with Crippen LogP contribution in [-0.2, 0) is 19.2 Å². The van der Waals surface area contributed by atoms with E-state index in [4.69, 9.17) is 10.6 Å². The van der Waals surface area contributed by atoms with Crippen molar-refractivity contribution in [2.45, 2.75) is 16.6 Å². The Morgan fingerprint density at radius 2 is 2.34 bits per heavy atom. The van der Waals surface area contributed by atoms with Crippen LogP contribution < -0.4 is 11.1 Å². The van der Waals surface area contributed by atoms with Gasteiger partial charge in [0, 0.05) is 16.9 Å².